The molecular weight excluding hydrogens is 216 g/mol. The Morgan fingerprint density at radius 2 is 2.18 bits per heavy atom. The quantitative estimate of drug-likeness (QED) is 0.595. The molecule has 1 unspecified atom stereocenters. The molecule has 0 heterocycles. The largest absolute Gasteiger partial charge is 0.309 e. The van der Waals surface area contributed by atoms with Crippen molar-refractivity contribution in [1.82, 2.24) is 4.90 Å². The zero-order valence-corrected chi connectivity index (χ0v) is 10.3. The second-order valence-electron chi connectivity index (χ2n) is 5.08. The highest BCUT2D eigenvalue weighted by Gasteiger charge is 2.21. The molecule has 0 fully saturated rings. The number of rotatable bonds is 3. The number of benzene rings is 1. The maximum atomic E-state index is 10.7. The lowest BCUT2D eigenvalue weighted by molar-refractivity contribution is -0.384. The van der Waals surface area contributed by atoms with Crippen LogP contribution in [0.4, 0.5) is 5.69 Å². The average molecular weight is 234 g/mol. The molecule has 4 heteroatoms. The first kappa shape index (κ1) is 12.0. The van der Waals surface area contributed by atoms with Gasteiger partial charge in [0, 0.05) is 18.7 Å². The van der Waals surface area contributed by atoms with Gasteiger partial charge in [0.15, 0.2) is 0 Å². The Morgan fingerprint density at radius 3 is 2.82 bits per heavy atom. The van der Waals surface area contributed by atoms with Gasteiger partial charge < -0.3 is 4.90 Å². The van der Waals surface area contributed by atoms with Crippen molar-refractivity contribution >= 4 is 5.69 Å². The lowest BCUT2D eigenvalue weighted by Crippen LogP contribution is -2.26. The summed E-state index contributed by atoms with van der Waals surface area (Å²) in [5.41, 5.74) is 2.66. The lowest BCUT2D eigenvalue weighted by atomic mass is 9.83. The Kier molecular flexibility index (Phi) is 3.43. The second kappa shape index (κ2) is 4.84. The van der Waals surface area contributed by atoms with E-state index in [1.807, 2.05) is 6.07 Å². The predicted molar refractivity (Wildman–Crippen MR) is 67.2 cm³/mol. The number of fused-ring (bicyclic) bond motifs is 1. The summed E-state index contributed by atoms with van der Waals surface area (Å²) in [5, 5.41) is 10.7. The fraction of sp³-hybridized carbons (Fsp3) is 0.538. The minimum absolute atomic E-state index is 0.217. The molecule has 17 heavy (non-hydrogen) atoms. The number of nitrogens with zero attached hydrogens (tertiary/aromatic N) is 2. The van der Waals surface area contributed by atoms with Crippen molar-refractivity contribution in [1.29, 1.82) is 0 Å². The Bertz CT molecular complexity index is 429. The third-order valence-electron chi connectivity index (χ3n) is 3.35. The number of non-ortho nitro benzene ring substituents is 1. The maximum absolute atomic E-state index is 10.7. The summed E-state index contributed by atoms with van der Waals surface area (Å²) in [6.45, 7) is 1.06. The smallest absolute Gasteiger partial charge is 0.269 e. The molecule has 1 aliphatic carbocycles. The molecule has 4 nitrogen and oxygen atoms in total. The molecule has 1 aromatic rings. The van der Waals surface area contributed by atoms with E-state index >= 15 is 0 Å². The number of nitro benzene ring substituents is 1. The van der Waals surface area contributed by atoms with Crippen LogP contribution in [-0.2, 0) is 12.8 Å². The molecule has 1 aliphatic rings. The zero-order chi connectivity index (χ0) is 12.4. The van der Waals surface area contributed by atoms with Crippen LogP contribution >= 0.6 is 0 Å². The van der Waals surface area contributed by atoms with Crippen molar-refractivity contribution in [2.24, 2.45) is 5.92 Å². The van der Waals surface area contributed by atoms with Gasteiger partial charge in [0.2, 0.25) is 0 Å². The van der Waals surface area contributed by atoms with E-state index in [0.717, 1.165) is 24.9 Å². The van der Waals surface area contributed by atoms with Crippen molar-refractivity contribution in [3.8, 4) is 0 Å². The average Bonchev–Trinajstić information content (AvgIpc) is 2.27. The molecule has 92 valence electrons. The highest BCUT2D eigenvalue weighted by atomic mass is 16.6. The fourth-order valence-electron chi connectivity index (χ4n) is 2.60. The van der Waals surface area contributed by atoms with Gasteiger partial charge in [-0.1, -0.05) is 6.07 Å². The van der Waals surface area contributed by atoms with Gasteiger partial charge in [-0.3, -0.25) is 10.1 Å². The monoisotopic (exact) mass is 234 g/mol. The molecule has 1 atom stereocenters. The van der Waals surface area contributed by atoms with E-state index < -0.39 is 0 Å². The van der Waals surface area contributed by atoms with Crippen molar-refractivity contribution in [3.63, 3.8) is 0 Å². The minimum Gasteiger partial charge on any atom is -0.309 e. The molecule has 2 rings (SSSR count). The number of hydrogen-bond donors (Lipinski definition) is 0. The topological polar surface area (TPSA) is 46.4 Å². The maximum Gasteiger partial charge on any atom is 0.269 e. The van der Waals surface area contributed by atoms with E-state index in [1.165, 1.54) is 12.0 Å². The first-order chi connectivity index (χ1) is 8.06. The van der Waals surface area contributed by atoms with E-state index in [0.29, 0.717) is 5.92 Å². The molecule has 0 aromatic heterocycles. The molecular formula is C13H18N2O2. The van der Waals surface area contributed by atoms with E-state index in [-0.39, 0.29) is 10.6 Å². The van der Waals surface area contributed by atoms with Gasteiger partial charge in [-0.2, -0.15) is 0 Å². The van der Waals surface area contributed by atoms with Crippen molar-refractivity contribution in [2.75, 3.05) is 20.6 Å². The third kappa shape index (κ3) is 2.82. The molecule has 0 bridgehead atoms. The minimum atomic E-state index is -0.310. The van der Waals surface area contributed by atoms with Crippen LogP contribution in [-0.4, -0.2) is 30.5 Å². The highest BCUT2D eigenvalue weighted by Crippen LogP contribution is 2.28. The Balaban J connectivity index is 2.17. The molecule has 0 N–H and O–H groups in total. The van der Waals surface area contributed by atoms with E-state index in [2.05, 4.69) is 19.0 Å². The van der Waals surface area contributed by atoms with E-state index in [9.17, 15) is 10.1 Å². The fourth-order valence-corrected chi connectivity index (χ4v) is 2.60. The standard InChI is InChI=1S/C13H18N2O2/c1-14(2)9-10-3-4-11-5-6-13(15(16)17)8-12(11)7-10/h5-6,8,10H,3-4,7,9H2,1-2H3. The van der Waals surface area contributed by atoms with Crippen LogP contribution < -0.4 is 0 Å². The molecule has 0 aliphatic heterocycles. The number of nitro groups is 1. The Morgan fingerprint density at radius 1 is 1.41 bits per heavy atom. The van der Waals surface area contributed by atoms with Crippen LogP contribution in [0.25, 0.3) is 0 Å². The zero-order valence-electron chi connectivity index (χ0n) is 10.3. The predicted octanol–water partition coefficient (Wildman–Crippen LogP) is 2.26. The third-order valence-corrected chi connectivity index (χ3v) is 3.35. The van der Waals surface area contributed by atoms with Gasteiger partial charge in [-0.05, 0) is 50.4 Å². The summed E-state index contributed by atoms with van der Waals surface area (Å²) in [7, 11) is 4.14. The SMILES string of the molecule is CN(C)CC1CCc2ccc([N+](=O)[O-])cc2C1. The van der Waals surface area contributed by atoms with Crippen molar-refractivity contribution < 1.29 is 4.92 Å². The van der Waals surface area contributed by atoms with Crippen LogP contribution in [0.15, 0.2) is 18.2 Å². The normalized spacial score (nSPS) is 19.1. The Labute approximate surface area is 101 Å². The lowest BCUT2D eigenvalue weighted by Gasteiger charge is -2.26. The van der Waals surface area contributed by atoms with E-state index in [4.69, 9.17) is 0 Å². The number of aryl methyl sites for hydroxylation is 1. The molecule has 0 radical (unpaired) electrons. The summed E-state index contributed by atoms with van der Waals surface area (Å²) in [4.78, 5) is 12.6. The Hall–Kier alpha value is -1.42. The van der Waals surface area contributed by atoms with Gasteiger partial charge in [-0.25, -0.2) is 0 Å². The van der Waals surface area contributed by atoms with Gasteiger partial charge in [-0.15, -0.1) is 0 Å². The van der Waals surface area contributed by atoms with Crippen molar-refractivity contribution in [2.45, 2.75) is 19.3 Å². The first-order valence-electron chi connectivity index (χ1n) is 5.97. The van der Waals surface area contributed by atoms with E-state index in [1.54, 1.807) is 12.1 Å². The van der Waals surface area contributed by atoms with Crippen LogP contribution in [0, 0.1) is 16.0 Å². The van der Waals surface area contributed by atoms with Crippen molar-refractivity contribution in [3.05, 3.63) is 39.4 Å². The van der Waals surface area contributed by atoms with Crippen LogP contribution in [0.3, 0.4) is 0 Å². The molecule has 0 saturated carbocycles. The van der Waals surface area contributed by atoms with Crippen LogP contribution in [0.2, 0.25) is 0 Å². The van der Waals surface area contributed by atoms with Crippen LogP contribution in [0.1, 0.15) is 17.5 Å². The first-order valence-corrected chi connectivity index (χ1v) is 5.97. The second-order valence-corrected chi connectivity index (χ2v) is 5.08. The molecule has 1 aromatic carbocycles. The highest BCUT2D eigenvalue weighted by molar-refractivity contribution is 5.41. The molecule has 0 spiro atoms. The number of hydrogen-bond acceptors (Lipinski definition) is 3. The molecule has 0 saturated heterocycles. The van der Waals surface area contributed by atoms with Gasteiger partial charge in [0.05, 0.1) is 4.92 Å². The van der Waals surface area contributed by atoms with Gasteiger partial charge in [0.1, 0.15) is 0 Å². The molecule has 0 amide bonds. The summed E-state index contributed by atoms with van der Waals surface area (Å²) in [5.74, 6) is 0.625. The summed E-state index contributed by atoms with van der Waals surface area (Å²) in [6, 6.07) is 5.28. The summed E-state index contributed by atoms with van der Waals surface area (Å²) in [6.07, 6.45) is 3.20. The van der Waals surface area contributed by atoms with Gasteiger partial charge >= 0.3 is 0 Å². The summed E-state index contributed by atoms with van der Waals surface area (Å²) < 4.78 is 0. The van der Waals surface area contributed by atoms with Crippen LogP contribution in [0.5, 0.6) is 0 Å². The van der Waals surface area contributed by atoms with Gasteiger partial charge in [0.25, 0.3) is 5.69 Å². The summed E-state index contributed by atoms with van der Waals surface area (Å²) >= 11 is 0.